The number of carbonyl (C=O) groups is 1. The van der Waals surface area contributed by atoms with Gasteiger partial charge in [0, 0.05) is 18.5 Å². The third-order valence-electron chi connectivity index (χ3n) is 3.43. The lowest BCUT2D eigenvalue weighted by Gasteiger charge is -2.35. The van der Waals surface area contributed by atoms with Gasteiger partial charge in [0.25, 0.3) is 6.04 Å². The molecule has 1 rings (SSSR count). The molecule has 3 atom stereocenters. The van der Waals surface area contributed by atoms with E-state index in [0.717, 1.165) is 0 Å². The zero-order valence-corrected chi connectivity index (χ0v) is 14.3. The van der Waals surface area contributed by atoms with Crippen LogP contribution in [0.4, 0.5) is 0 Å². The molecule has 0 amide bonds. The van der Waals surface area contributed by atoms with Crippen LogP contribution in [0.3, 0.4) is 0 Å². The van der Waals surface area contributed by atoms with Gasteiger partial charge in [0.2, 0.25) is 8.32 Å². The van der Waals surface area contributed by atoms with E-state index in [1.807, 2.05) is 19.6 Å². The molecule has 0 aliphatic heterocycles. The maximum atomic E-state index is 11.9. The lowest BCUT2D eigenvalue weighted by molar-refractivity contribution is -0.541. The highest BCUT2D eigenvalue weighted by Gasteiger charge is 2.50. The van der Waals surface area contributed by atoms with Crippen molar-refractivity contribution in [3.8, 4) is 0 Å². The van der Waals surface area contributed by atoms with Crippen LogP contribution in [0, 0.1) is 16.0 Å². The van der Waals surface area contributed by atoms with Gasteiger partial charge in [-0.05, 0) is 32.1 Å². The van der Waals surface area contributed by atoms with E-state index in [4.69, 9.17) is 13.9 Å². The Kier molecular flexibility index (Phi) is 5.52. The minimum atomic E-state index is -1.89. The first-order valence-electron chi connectivity index (χ1n) is 6.75. The van der Waals surface area contributed by atoms with Crippen LogP contribution < -0.4 is 0 Å². The monoisotopic (exact) mass is 317 g/mol. The van der Waals surface area contributed by atoms with E-state index in [1.165, 1.54) is 14.2 Å². The van der Waals surface area contributed by atoms with Crippen LogP contribution in [-0.4, -0.2) is 45.6 Å². The van der Waals surface area contributed by atoms with Crippen LogP contribution in [0.25, 0.3) is 0 Å². The fourth-order valence-electron chi connectivity index (χ4n) is 2.55. The lowest BCUT2D eigenvalue weighted by Crippen LogP contribution is -2.49. The van der Waals surface area contributed by atoms with Gasteiger partial charge in [-0.15, -0.1) is 0 Å². The Morgan fingerprint density at radius 2 is 1.90 bits per heavy atom. The van der Waals surface area contributed by atoms with Crippen molar-refractivity contribution in [2.75, 3.05) is 14.2 Å². The molecule has 0 radical (unpaired) electrons. The molecule has 0 N–H and O–H groups in total. The van der Waals surface area contributed by atoms with Crippen LogP contribution >= 0.6 is 0 Å². The van der Waals surface area contributed by atoms with E-state index < -0.39 is 37.3 Å². The molecule has 1 aliphatic carbocycles. The van der Waals surface area contributed by atoms with Gasteiger partial charge in [-0.1, -0.05) is 0 Å². The molecule has 0 aromatic rings. The molecule has 1 aliphatic rings. The van der Waals surface area contributed by atoms with Crippen molar-refractivity contribution >= 4 is 14.3 Å². The van der Waals surface area contributed by atoms with Gasteiger partial charge >= 0.3 is 5.97 Å². The van der Waals surface area contributed by atoms with Crippen molar-refractivity contribution in [2.24, 2.45) is 5.92 Å². The number of nitro groups is 1. The number of esters is 1. The van der Waals surface area contributed by atoms with Gasteiger partial charge < -0.3 is 13.9 Å². The number of nitrogens with zero attached hydrogens (tertiary/aromatic N) is 1. The van der Waals surface area contributed by atoms with E-state index in [2.05, 4.69) is 0 Å². The average Bonchev–Trinajstić information content (AvgIpc) is 2.37. The first kappa shape index (κ1) is 17.6. The van der Waals surface area contributed by atoms with Gasteiger partial charge in [-0.3, -0.25) is 14.9 Å². The summed E-state index contributed by atoms with van der Waals surface area (Å²) in [6.45, 7) is 7.80. The molecule has 0 aromatic carbocycles. The zero-order chi connectivity index (χ0) is 16.4. The Balaban J connectivity index is 3.25. The highest BCUT2D eigenvalue weighted by Crippen LogP contribution is 2.35. The third-order valence-corrected chi connectivity index (χ3v) is 4.28. The summed E-state index contributed by atoms with van der Waals surface area (Å²) >= 11 is 0. The van der Waals surface area contributed by atoms with Gasteiger partial charge in [0.1, 0.15) is 12.0 Å². The van der Waals surface area contributed by atoms with E-state index in [-0.39, 0.29) is 6.42 Å². The summed E-state index contributed by atoms with van der Waals surface area (Å²) in [5.41, 5.74) is 0.682. The molecule has 7 nitrogen and oxygen atoms in total. The van der Waals surface area contributed by atoms with Crippen molar-refractivity contribution in [1.29, 1.82) is 0 Å². The van der Waals surface area contributed by atoms with Crippen LogP contribution in [0.1, 0.15) is 13.3 Å². The molecule has 0 bridgehead atoms. The van der Waals surface area contributed by atoms with Crippen LogP contribution in [0.15, 0.2) is 11.3 Å². The molecule has 120 valence electrons. The van der Waals surface area contributed by atoms with Crippen molar-refractivity contribution in [3.63, 3.8) is 0 Å². The highest BCUT2D eigenvalue weighted by molar-refractivity contribution is 6.70. The SMILES string of the molecule is COC(=O)[C@H]1CC(O[Si](C)(C)C)=C(C)[C@H](OC)[C@@H]1[N+](=O)[O-]. The van der Waals surface area contributed by atoms with Crippen molar-refractivity contribution in [1.82, 2.24) is 0 Å². The Morgan fingerprint density at radius 3 is 2.29 bits per heavy atom. The molecule has 0 fully saturated rings. The molecule has 8 heteroatoms. The van der Waals surface area contributed by atoms with Gasteiger partial charge in [-0.2, -0.15) is 0 Å². The minimum Gasteiger partial charge on any atom is -0.547 e. The first-order chi connectivity index (χ1) is 9.62. The van der Waals surface area contributed by atoms with E-state index >= 15 is 0 Å². The maximum Gasteiger partial charge on any atom is 0.316 e. The summed E-state index contributed by atoms with van der Waals surface area (Å²) < 4.78 is 16.0. The Morgan fingerprint density at radius 1 is 1.33 bits per heavy atom. The van der Waals surface area contributed by atoms with Crippen molar-refractivity contribution < 1.29 is 23.6 Å². The maximum absolute atomic E-state index is 11.9. The zero-order valence-electron chi connectivity index (χ0n) is 13.3. The summed E-state index contributed by atoms with van der Waals surface area (Å²) in [6.07, 6.45) is -0.613. The number of ether oxygens (including phenoxy) is 2. The summed E-state index contributed by atoms with van der Waals surface area (Å²) in [6, 6.07) is -1.16. The fraction of sp³-hybridized carbons (Fsp3) is 0.769. The summed E-state index contributed by atoms with van der Waals surface area (Å²) in [4.78, 5) is 22.8. The summed E-state index contributed by atoms with van der Waals surface area (Å²) in [5.74, 6) is -0.887. The normalized spacial score (nSPS) is 26.5. The van der Waals surface area contributed by atoms with Crippen LogP contribution in [0.2, 0.25) is 19.6 Å². The molecule has 21 heavy (non-hydrogen) atoms. The van der Waals surface area contributed by atoms with E-state index in [9.17, 15) is 14.9 Å². The number of methoxy groups -OCH3 is 2. The number of hydrogen-bond acceptors (Lipinski definition) is 6. The largest absolute Gasteiger partial charge is 0.547 e. The third kappa shape index (κ3) is 4.04. The molecular weight excluding hydrogens is 294 g/mol. The Hall–Kier alpha value is -1.41. The predicted molar refractivity (Wildman–Crippen MR) is 78.8 cm³/mol. The highest BCUT2D eigenvalue weighted by atomic mass is 28.4. The second-order valence-electron chi connectivity index (χ2n) is 6.09. The Labute approximate surface area is 125 Å². The average molecular weight is 317 g/mol. The molecular formula is C13H23NO6Si. The molecule has 0 heterocycles. The second-order valence-corrected chi connectivity index (χ2v) is 10.5. The first-order valence-corrected chi connectivity index (χ1v) is 10.2. The van der Waals surface area contributed by atoms with E-state index in [0.29, 0.717) is 11.3 Å². The Bertz CT molecular complexity index is 456. The second kappa shape index (κ2) is 6.57. The molecule has 0 unspecified atom stereocenters. The van der Waals surface area contributed by atoms with Gasteiger partial charge in [0.15, 0.2) is 0 Å². The van der Waals surface area contributed by atoms with Crippen LogP contribution in [0.5, 0.6) is 0 Å². The van der Waals surface area contributed by atoms with Gasteiger partial charge in [0.05, 0.1) is 12.9 Å². The van der Waals surface area contributed by atoms with E-state index in [1.54, 1.807) is 6.92 Å². The molecule has 0 aromatic heterocycles. The number of allylic oxidation sites excluding steroid dienone is 1. The quantitative estimate of drug-likeness (QED) is 0.333. The smallest absolute Gasteiger partial charge is 0.316 e. The topological polar surface area (TPSA) is 87.9 Å². The number of carbonyl (C=O) groups excluding carboxylic acids is 1. The molecule has 0 spiro atoms. The fourth-order valence-corrected chi connectivity index (χ4v) is 3.53. The standard InChI is InChI=1S/C13H23NO6Si/c1-8-10(20-21(4,5)6)7-9(13(15)19-3)11(14(16)17)12(8)18-2/h9,11-12H,7H2,1-6H3/t9-,11+,12-/m0/s1. The van der Waals surface area contributed by atoms with Gasteiger partial charge in [-0.25, -0.2) is 0 Å². The minimum absolute atomic E-state index is 0.175. The number of hydrogen-bond donors (Lipinski definition) is 0. The molecule has 0 saturated carbocycles. The molecule has 0 saturated heterocycles. The predicted octanol–water partition coefficient (Wildman–Crippen LogP) is 1.97. The summed E-state index contributed by atoms with van der Waals surface area (Å²) in [5, 5.41) is 11.4. The van der Waals surface area contributed by atoms with Crippen molar-refractivity contribution in [2.45, 2.75) is 45.1 Å². The van der Waals surface area contributed by atoms with Crippen molar-refractivity contribution in [3.05, 3.63) is 21.4 Å². The number of rotatable bonds is 5. The van der Waals surface area contributed by atoms with Crippen LogP contribution in [-0.2, 0) is 18.7 Å². The summed E-state index contributed by atoms with van der Waals surface area (Å²) in [7, 11) is 0.739. The lowest BCUT2D eigenvalue weighted by atomic mass is 9.82.